The summed E-state index contributed by atoms with van der Waals surface area (Å²) in [5.41, 5.74) is 3.26. The molecule has 39 heavy (non-hydrogen) atoms. The van der Waals surface area contributed by atoms with Crippen LogP contribution in [0.4, 0.5) is 5.69 Å². The number of benzene rings is 2. The Labute approximate surface area is 236 Å². The fourth-order valence-electron chi connectivity index (χ4n) is 5.97. The zero-order valence-corrected chi connectivity index (χ0v) is 23.5. The lowest BCUT2D eigenvalue weighted by atomic mass is 9.85. The Morgan fingerprint density at radius 1 is 0.846 bits per heavy atom. The molecule has 8 nitrogen and oxygen atoms in total. The van der Waals surface area contributed by atoms with Crippen molar-refractivity contribution in [3.63, 3.8) is 0 Å². The highest BCUT2D eigenvalue weighted by Gasteiger charge is 2.53. The summed E-state index contributed by atoms with van der Waals surface area (Å²) < 4.78 is 4.21. The number of hydrogen-bond donors (Lipinski definition) is 0. The van der Waals surface area contributed by atoms with E-state index in [1.165, 1.54) is 0 Å². The Balaban J connectivity index is 1.24. The molecule has 2 aromatic carbocycles. The summed E-state index contributed by atoms with van der Waals surface area (Å²) in [5.74, 6) is 0.187. The van der Waals surface area contributed by atoms with Gasteiger partial charge in [-0.2, -0.15) is 0 Å². The van der Waals surface area contributed by atoms with E-state index >= 15 is 0 Å². The molecule has 9 heteroatoms. The van der Waals surface area contributed by atoms with Gasteiger partial charge in [0.2, 0.25) is 5.91 Å². The molecule has 2 fully saturated rings. The van der Waals surface area contributed by atoms with Gasteiger partial charge >= 0.3 is 0 Å². The van der Waals surface area contributed by atoms with Crippen molar-refractivity contribution in [3.8, 4) is 5.69 Å². The van der Waals surface area contributed by atoms with Crippen LogP contribution >= 0.6 is 15.9 Å². The first-order chi connectivity index (χ1) is 19.0. The quantitative estimate of drug-likeness (QED) is 0.339. The molecule has 2 saturated heterocycles. The summed E-state index contributed by atoms with van der Waals surface area (Å²) in [7, 11) is 1.93. The molecule has 2 aliphatic rings. The van der Waals surface area contributed by atoms with Crippen molar-refractivity contribution < 1.29 is 4.79 Å². The van der Waals surface area contributed by atoms with Gasteiger partial charge in [-0.1, -0.05) is 36.4 Å². The number of aromatic nitrogens is 3. The molecule has 6 rings (SSSR count). The standard InChI is InChI=1S/C30H31BrN6O2/c1-33-26(27(31)28(38)37(33)25-10-6-3-7-11-25)21-34-18-14-30(15-19-34)29(39)35(20-23-12-16-32-17-13-23)22-36(30)24-8-4-2-5-9-24/h2-13,16-17H,14-15,18-22H2,1H3. The van der Waals surface area contributed by atoms with Crippen LogP contribution in [0.2, 0.25) is 0 Å². The Kier molecular flexibility index (Phi) is 6.86. The number of carbonyl (C=O) groups is 1. The first kappa shape index (κ1) is 25.6. The van der Waals surface area contributed by atoms with Crippen LogP contribution in [0.3, 0.4) is 0 Å². The minimum atomic E-state index is -0.579. The largest absolute Gasteiger partial charge is 0.339 e. The predicted molar refractivity (Wildman–Crippen MR) is 155 cm³/mol. The molecule has 2 aromatic heterocycles. The van der Waals surface area contributed by atoms with E-state index in [2.05, 4.69) is 42.8 Å². The summed E-state index contributed by atoms with van der Waals surface area (Å²) in [4.78, 5) is 37.9. The minimum Gasteiger partial charge on any atom is -0.339 e. The number of para-hydroxylation sites is 2. The molecule has 1 spiro atoms. The summed E-state index contributed by atoms with van der Waals surface area (Å²) in [5, 5.41) is 0. The number of piperidine rings is 1. The lowest BCUT2D eigenvalue weighted by Gasteiger charge is -2.43. The Hall–Kier alpha value is -3.69. The number of carbonyl (C=O) groups excluding carboxylic acids is 1. The second kappa shape index (κ2) is 10.5. The molecule has 0 atom stereocenters. The predicted octanol–water partition coefficient (Wildman–Crippen LogP) is 4.17. The van der Waals surface area contributed by atoms with Crippen LogP contribution in [0.5, 0.6) is 0 Å². The number of rotatable bonds is 6. The van der Waals surface area contributed by atoms with Crippen molar-refractivity contribution >= 4 is 27.5 Å². The number of amides is 1. The van der Waals surface area contributed by atoms with Gasteiger partial charge in [-0.3, -0.25) is 24.2 Å². The monoisotopic (exact) mass is 586 g/mol. The molecule has 2 aliphatic heterocycles. The van der Waals surface area contributed by atoms with Crippen LogP contribution in [0.1, 0.15) is 24.1 Å². The molecule has 1 amide bonds. The highest BCUT2D eigenvalue weighted by atomic mass is 79.9. The van der Waals surface area contributed by atoms with Gasteiger partial charge in [0.15, 0.2) is 0 Å². The van der Waals surface area contributed by atoms with Crippen molar-refractivity contribution in [2.75, 3.05) is 24.7 Å². The first-order valence-corrected chi connectivity index (χ1v) is 14.0. The number of hydrogen-bond acceptors (Lipinski definition) is 5. The Morgan fingerprint density at radius 3 is 2.10 bits per heavy atom. The maximum atomic E-state index is 14.0. The molecule has 0 aliphatic carbocycles. The number of nitrogens with zero attached hydrogens (tertiary/aromatic N) is 6. The maximum absolute atomic E-state index is 14.0. The van der Waals surface area contributed by atoms with Gasteiger partial charge in [0, 0.05) is 51.3 Å². The van der Waals surface area contributed by atoms with Crippen molar-refractivity contribution in [1.29, 1.82) is 0 Å². The van der Waals surface area contributed by atoms with Gasteiger partial charge in [-0.25, -0.2) is 4.68 Å². The number of likely N-dealkylation sites (tertiary alicyclic amines) is 1. The number of pyridine rings is 1. The highest BCUT2D eigenvalue weighted by molar-refractivity contribution is 9.10. The van der Waals surface area contributed by atoms with Gasteiger partial charge < -0.3 is 9.80 Å². The topological polar surface area (TPSA) is 66.6 Å². The van der Waals surface area contributed by atoms with E-state index in [0.29, 0.717) is 24.2 Å². The molecule has 200 valence electrons. The van der Waals surface area contributed by atoms with E-state index in [4.69, 9.17) is 0 Å². The molecule has 0 saturated carbocycles. The lowest BCUT2D eigenvalue weighted by Crippen LogP contribution is -2.56. The van der Waals surface area contributed by atoms with Crippen molar-refractivity contribution in [1.82, 2.24) is 24.1 Å². The van der Waals surface area contributed by atoms with Crippen molar-refractivity contribution in [2.24, 2.45) is 7.05 Å². The Bertz CT molecular complexity index is 1510. The van der Waals surface area contributed by atoms with E-state index in [-0.39, 0.29) is 11.5 Å². The summed E-state index contributed by atoms with van der Waals surface area (Å²) in [6.07, 6.45) is 4.99. The van der Waals surface area contributed by atoms with Crippen molar-refractivity contribution in [2.45, 2.75) is 31.5 Å². The number of halogens is 1. The maximum Gasteiger partial charge on any atom is 0.286 e. The Morgan fingerprint density at radius 2 is 1.46 bits per heavy atom. The minimum absolute atomic E-state index is 0.0693. The van der Waals surface area contributed by atoms with E-state index in [0.717, 1.165) is 48.6 Å². The van der Waals surface area contributed by atoms with Gasteiger partial charge in [0.25, 0.3) is 5.56 Å². The van der Waals surface area contributed by atoms with Crippen LogP contribution in [-0.2, 0) is 24.9 Å². The number of anilines is 1. The third-order valence-electron chi connectivity index (χ3n) is 8.09. The second-order valence-electron chi connectivity index (χ2n) is 10.3. The van der Waals surface area contributed by atoms with E-state index < -0.39 is 5.54 Å². The smallest absolute Gasteiger partial charge is 0.286 e. The molecule has 0 N–H and O–H groups in total. The van der Waals surface area contributed by atoms with Crippen LogP contribution in [0.25, 0.3) is 5.69 Å². The summed E-state index contributed by atoms with van der Waals surface area (Å²) >= 11 is 3.57. The third-order valence-corrected chi connectivity index (χ3v) is 8.88. The fraction of sp³-hybridized carbons (Fsp3) is 0.300. The highest BCUT2D eigenvalue weighted by Crippen LogP contribution is 2.40. The third kappa shape index (κ3) is 4.59. The van der Waals surface area contributed by atoms with E-state index in [1.54, 1.807) is 17.1 Å². The normalized spacial score (nSPS) is 17.3. The molecule has 0 radical (unpaired) electrons. The van der Waals surface area contributed by atoms with Crippen molar-refractivity contribution in [3.05, 3.63) is 111 Å². The van der Waals surface area contributed by atoms with Crippen LogP contribution in [-0.4, -0.2) is 55.4 Å². The average molecular weight is 588 g/mol. The zero-order valence-electron chi connectivity index (χ0n) is 21.9. The van der Waals surface area contributed by atoms with Gasteiger partial charge in [-0.15, -0.1) is 0 Å². The fourth-order valence-corrected chi connectivity index (χ4v) is 6.52. The molecule has 4 aromatic rings. The molecule has 0 bridgehead atoms. The first-order valence-electron chi connectivity index (χ1n) is 13.2. The second-order valence-corrected chi connectivity index (χ2v) is 11.1. The SMILES string of the molecule is Cn1c(CN2CCC3(CC2)C(=O)N(Cc2ccncc2)CN3c2ccccc2)c(Br)c(=O)n1-c1ccccc1. The molecular formula is C30H31BrN6O2. The van der Waals surface area contributed by atoms with Crippen LogP contribution in [0.15, 0.2) is 94.5 Å². The average Bonchev–Trinajstić information content (AvgIpc) is 3.35. The summed E-state index contributed by atoms with van der Waals surface area (Å²) in [6, 6.07) is 23.9. The lowest BCUT2D eigenvalue weighted by molar-refractivity contribution is -0.134. The molecule has 4 heterocycles. The van der Waals surface area contributed by atoms with Crippen LogP contribution < -0.4 is 10.5 Å². The molecule has 0 unspecified atom stereocenters. The van der Waals surface area contributed by atoms with E-state index in [1.807, 2.05) is 77.3 Å². The van der Waals surface area contributed by atoms with Gasteiger partial charge in [0.1, 0.15) is 10.0 Å². The summed E-state index contributed by atoms with van der Waals surface area (Å²) in [6.45, 7) is 3.27. The van der Waals surface area contributed by atoms with Gasteiger partial charge in [-0.05, 0) is 70.7 Å². The van der Waals surface area contributed by atoms with Crippen LogP contribution in [0, 0.1) is 0 Å². The van der Waals surface area contributed by atoms with Gasteiger partial charge in [0.05, 0.1) is 18.1 Å². The molecular weight excluding hydrogens is 556 g/mol. The zero-order chi connectivity index (χ0) is 27.0. The van der Waals surface area contributed by atoms with E-state index in [9.17, 15) is 9.59 Å².